The number of nitrogens with one attached hydrogen (secondary N) is 1. The molecule has 1 aliphatic rings. The first kappa shape index (κ1) is 22.6. The molecule has 0 aliphatic carbocycles. The highest BCUT2D eigenvalue weighted by Gasteiger charge is 2.22. The third-order valence-corrected chi connectivity index (χ3v) is 5.83. The van der Waals surface area contributed by atoms with Gasteiger partial charge in [-0.1, -0.05) is 12.1 Å². The molecule has 0 amide bonds. The van der Waals surface area contributed by atoms with E-state index in [2.05, 4.69) is 10.5 Å². The fourth-order valence-electron chi connectivity index (χ4n) is 4.21. The maximum atomic E-state index is 14.2. The lowest BCUT2D eigenvalue weighted by Gasteiger charge is -2.21. The first-order chi connectivity index (χ1) is 17.1. The third-order valence-electron chi connectivity index (χ3n) is 5.83. The monoisotopic (exact) mass is 479 g/mol. The number of anilines is 1. The highest BCUT2D eigenvalue weighted by Crippen LogP contribution is 2.41. The second-order valence-corrected chi connectivity index (χ2v) is 8.02. The van der Waals surface area contributed by atoms with Crippen molar-refractivity contribution in [2.24, 2.45) is 5.18 Å². The number of aromatic hydroxyl groups is 1. The minimum Gasteiger partial charge on any atom is -0.493 e. The summed E-state index contributed by atoms with van der Waals surface area (Å²) in [5, 5.41) is 26.4. The van der Waals surface area contributed by atoms with Gasteiger partial charge in [0.05, 0.1) is 18.7 Å². The first-order valence-corrected chi connectivity index (χ1v) is 10.8. The molecule has 5 rings (SSSR count). The summed E-state index contributed by atoms with van der Waals surface area (Å²) in [7, 11) is 0. The van der Waals surface area contributed by atoms with Gasteiger partial charge in [-0.15, -0.1) is 4.91 Å². The zero-order chi connectivity index (χ0) is 24.4. The van der Waals surface area contributed by atoms with Crippen molar-refractivity contribution < 1.29 is 28.8 Å². The van der Waals surface area contributed by atoms with Gasteiger partial charge in [-0.25, -0.2) is 4.39 Å². The summed E-state index contributed by atoms with van der Waals surface area (Å²) in [5.74, 6) is 0.318. The van der Waals surface area contributed by atoms with Gasteiger partial charge < -0.3 is 34.3 Å². The summed E-state index contributed by atoms with van der Waals surface area (Å²) in [6.45, 7) is 0.465. The molecule has 0 unspecified atom stereocenters. The van der Waals surface area contributed by atoms with Gasteiger partial charge in [-0.05, 0) is 53.2 Å². The van der Waals surface area contributed by atoms with Crippen LogP contribution in [-0.2, 0) is 24.4 Å². The van der Waals surface area contributed by atoms with Crippen LogP contribution in [0.2, 0.25) is 0 Å². The summed E-state index contributed by atoms with van der Waals surface area (Å²) in [6.07, 6.45) is 0. The van der Waals surface area contributed by atoms with Gasteiger partial charge in [0.2, 0.25) is 5.88 Å². The number of ether oxygens (including phenoxy) is 3. The maximum Gasteiger partial charge on any atom is 0.222 e. The number of rotatable bonds is 8. The molecule has 0 bridgehead atoms. The van der Waals surface area contributed by atoms with E-state index in [0.29, 0.717) is 40.1 Å². The van der Waals surface area contributed by atoms with Crippen molar-refractivity contribution in [1.82, 2.24) is 4.57 Å². The van der Waals surface area contributed by atoms with Gasteiger partial charge in [-0.3, -0.25) is 0 Å². The molecular formula is C25H22FN3O6. The summed E-state index contributed by atoms with van der Waals surface area (Å²) in [4.78, 5) is 11.6. The van der Waals surface area contributed by atoms with Crippen LogP contribution < -0.4 is 14.8 Å². The first-order valence-electron chi connectivity index (χ1n) is 10.8. The average Bonchev–Trinajstić information content (AvgIpc) is 3.13. The van der Waals surface area contributed by atoms with Crippen LogP contribution in [0.1, 0.15) is 16.7 Å². The molecule has 1 aromatic heterocycles. The zero-order valence-corrected chi connectivity index (χ0v) is 18.5. The van der Waals surface area contributed by atoms with Crippen molar-refractivity contribution >= 4 is 22.3 Å². The van der Waals surface area contributed by atoms with Crippen molar-refractivity contribution in [1.29, 1.82) is 0 Å². The molecule has 9 nitrogen and oxygen atoms in total. The topological polar surface area (TPSA) is 115 Å². The Labute approximate surface area is 199 Å². The van der Waals surface area contributed by atoms with Crippen LogP contribution in [0.4, 0.5) is 15.8 Å². The number of benzene rings is 3. The Morgan fingerprint density at radius 1 is 1.14 bits per heavy atom. The van der Waals surface area contributed by atoms with Gasteiger partial charge in [0, 0.05) is 28.7 Å². The number of fused-ring (bicyclic) bond motifs is 2. The lowest BCUT2D eigenvalue weighted by Crippen LogP contribution is -2.14. The van der Waals surface area contributed by atoms with Crippen LogP contribution in [0.3, 0.4) is 0 Å². The lowest BCUT2D eigenvalue weighted by atomic mass is 10.1. The molecule has 2 heterocycles. The number of nitroso groups, excluding NO2 is 1. The average molecular weight is 479 g/mol. The molecule has 0 saturated heterocycles. The van der Waals surface area contributed by atoms with Crippen LogP contribution in [0.5, 0.6) is 17.4 Å². The predicted octanol–water partition coefficient (Wildman–Crippen LogP) is 4.74. The zero-order valence-electron chi connectivity index (χ0n) is 18.5. The molecular weight excluding hydrogens is 457 g/mol. The summed E-state index contributed by atoms with van der Waals surface area (Å²) in [5.41, 5.74) is 3.27. The van der Waals surface area contributed by atoms with E-state index in [9.17, 15) is 14.4 Å². The van der Waals surface area contributed by atoms with Crippen molar-refractivity contribution in [2.75, 3.05) is 18.9 Å². The molecule has 0 radical (unpaired) electrons. The number of halogens is 1. The van der Waals surface area contributed by atoms with Gasteiger partial charge in [0.25, 0.3) is 0 Å². The molecule has 180 valence electrons. The molecule has 3 aromatic carbocycles. The van der Waals surface area contributed by atoms with E-state index in [0.717, 1.165) is 11.3 Å². The van der Waals surface area contributed by atoms with Crippen molar-refractivity contribution in [3.63, 3.8) is 0 Å². The van der Waals surface area contributed by atoms with Crippen molar-refractivity contribution in [3.05, 3.63) is 82.0 Å². The van der Waals surface area contributed by atoms with E-state index >= 15 is 0 Å². The molecule has 10 heteroatoms. The predicted molar refractivity (Wildman–Crippen MR) is 126 cm³/mol. The number of nitrogens with zero attached hydrogens (tertiary/aromatic N) is 2. The molecule has 0 spiro atoms. The Kier molecular flexibility index (Phi) is 6.21. The number of hydrogen-bond acceptors (Lipinski definition) is 8. The van der Waals surface area contributed by atoms with Crippen LogP contribution in [0.15, 0.2) is 59.8 Å². The molecule has 0 saturated carbocycles. The molecule has 0 atom stereocenters. The number of aromatic nitrogens is 1. The quantitative estimate of drug-likeness (QED) is 0.247. The van der Waals surface area contributed by atoms with Gasteiger partial charge in [0.1, 0.15) is 17.3 Å². The van der Waals surface area contributed by atoms with Crippen molar-refractivity contribution in [3.8, 4) is 17.4 Å². The second-order valence-electron chi connectivity index (χ2n) is 8.02. The number of aliphatic hydroxyl groups is 1. The van der Waals surface area contributed by atoms with E-state index in [1.54, 1.807) is 24.3 Å². The Morgan fingerprint density at radius 2 is 1.97 bits per heavy atom. The van der Waals surface area contributed by atoms with Gasteiger partial charge in [0.15, 0.2) is 19.3 Å². The van der Waals surface area contributed by atoms with Gasteiger partial charge >= 0.3 is 0 Å². The standard InChI is InChI=1S/C25H22FN3O6/c26-18-7-16(24-17(8-18)12-33-14-35-24)11-29-22-6-3-19(9-21(22)23(28-32)25(29)31)27-10-15-1-4-20(5-2-15)34-13-30/h1-9,27,30-31H,10-14H2. The maximum absolute atomic E-state index is 14.2. The van der Waals surface area contributed by atoms with E-state index in [1.165, 1.54) is 16.7 Å². The molecule has 1 aliphatic heterocycles. The third kappa shape index (κ3) is 4.48. The van der Waals surface area contributed by atoms with E-state index < -0.39 is 5.82 Å². The summed E-state index contributed by atoms with van der Waals surface area (Å²) >= 11 is 0. The highest BCUT2D eigenvalue weighted by molar-refractivity contribution is 5.97. The van der Waals surface area contributed by atoms with Crippen molar-refractivity contribution in [2.45, 2.75) is 19.7 Å². The van der Waals surface area contributed by atoms with Crippen LogP contribution in [-0.4, -0.2) is 28.4 Å². The Bertz CT molecular complexity index is 1390. The Hall–Kier alpha value is -4.15. The molecule has 0 fully saturated rings. The normalized spacial score (nSPS) is 12.7. The molecule has 35 heavy (non-hydrogen) atoms. The van der Waals surface area contributed by atoms with E-state index in [4.69, 9.17) is 19.3 Å². The Morgan fingerprint density at radius 3 is 2.74 bits per heavy atom. The van der Waals surface area contributed by atoms with E-state index in [1.807, 2.05) is 18.2 Å². The smallest absolute Gasteiger partial charge is 0.222 e. The SMILES string of the molecule is O=Nc1c(O)n(Cc2cc(F)cc3c2OCOC3)c2ccc(NCc3ccc(OCO)cc3)cc12. The fourth-order valence-corrected chi connectivity index (χ4v) is 4.21. The number of aliphatic hydroxyl groups excluding tert-OH is 1. The highest BCUT2D eigenvalue weighted by atomic mass is 19.1. The summed E-state index contributed by atoms with van der Waals surface area (Å²) < 4.78 is 31.5. The van der Waals surface area contributed by atoms with Crippen LogP contribution in [0.25, 0.3) is 10.9 Å². The largest absolute Gasteiger partial charge is 0.493 e. The Balaban J connectivity index is 1.43. The summed E-state index contributed by atoms with van der Waals surface area (Å²) in [6, 6.07) is 15.3. The minimum absolute atomic E-state index is 0.0530. The van der Waals surface area contributed by atoms with E-state index in [-0.39, 0.29) is 38.3 Å². The molecule has 4 aromatic rings. The van der Waals surface area contributed by atoms with Crippen LogP contribution >= 0.6 is 0 Å². The minimum atomic E-state index is -0.444. The molecule has 3 N–H and O–H groups in total. The lowest BCUT2D eigenvalue weighted by molar-refractivity contribution is -0.0173. The van der Waals surface area contributed by atoms with Crippen LogP contribution in [0, 0.1) is 10.7 Å². The fraction of sp³-hybridized carbons (Fsp3) is 0.200. The number of hydrogen-bond donors (Lipinski definition) is 3. The second kappa shape index (κ2) is 9.61. The van der Waals surface area contributed by atoms with Gasteiger partial charge in [-0.2, -0.15) is 0 Å².